The van der Waals surface area contributed by atoms with Crippen molar-refractivity contribution < 1.29 is 18.7 Å². The molecule has 3 N–H and O–H groups in total. The fraction of sp³-hybridized carbons (Fsp3) is 0.143. The molecule has 1 rings (SSSR count). The molecule has 0 aliphatic heterocycles. The molecule has 0 amide bonds. The Kier molecular flexibility index (Phi) is 3.19. The van der Waals surface area contributed by atoms with E-state index in [1.807, 2.05) is 0 Å². The minimum Gasteiger partial charge on any atom is -0.478 e. The van der Waals surface area contributed by atoms with Crippen LogP contribution < -0.4 is 5.73 Å². The molecule has 0 atom stereocenters. The van der Waals surface area contributed by atoms with Gasteiger partial charge in [-0.2, -0.15) is 0 Å². The summed E-state index contributed by atoms with van der Waals surface area (Å²) >= 11 is 1.58. The second-order valence-corrected chi connectivity index (χ2v) is 3.42. The molecule has 7 heteroatoms. The van der Waals surface area contributed by atoms with Crippen LogP contribution in [0.25, 0.3) is 0 Å². The summed E-state index contributed by atoms with van der Waals surface area (Å²) in [5.74, 6) is -1.37. The third-order valence-electron chi connectivity index (χ3n) is 1.56. The molecular weight excluding hydrogens is 309 g/mol. The summed E-state index contributed by atoms with van der Waals surface area (Å²) in [6.45, 7) is 0. The zero-order valence-electron chi connectivity index (χ0n) is 6.67. The molecule has 1 aromatic rings. The second-order valence-electron chi connectivity index (χ2n) is 2.40. The van der Waals surface area contributed by atoms with Crippen LogP contribution in [0.5, 0.6) is 0 Å². The SMILES string of the molecule is Nc1c(C(=O)O)cnc(I)c1C(F)F. The first-order valence-corrected chi connectivity index (χ1v) is 4.48. The number of carboxylic acids is 1. The summed E-state index contributed by atoms with van der Waals surface area (Å²) in [5.41, 5.74) is 3.93. The number of nitrogens with zero attached hydrogens (tertiary/aromatic N) is 1. The van der Waals surface area contributed by atoms with E-state index >= 15 is 0 Å². The molecular formula is C7H5F2IN2O2. The predicted molar refractivity (Wildman–Crippen MR) is 53.3 cm³/mol. The van der Waals surface area contributed by atoms with E-state index in [0.29, 0.717) is 0 Å². The summed E-state index contributed by atoms with van der Waals surface area (Å²) in [6, 6.07) is 0. The standard InChI is InChI=1S/C7H5F2IN2O2/c8-5(9)3-4(11)2(7(13)14)1-12-6(3)10/h1,5H,(H2,11,12)(H,13,14). The van der Waals surface area contributed by atoms with Crippen LogP contribution >= 0.6 is 22.6 Å². The van der Waals surface area contributed by atoms with Gasteiger partial charge in [0.05, 0.1) is 11.3 Å². The van der Waals surface area contributed by atoms with Gasteiger partial charge in [-0.05, 0) is 22.6 Å². The molecule has 0 unspecified atom stereocenters. The molecule has 0 bridgehead atoms. The van der Waals surface area contributed by atoms with Gasteiger partial charge >= 0.3 is 5.97 Å². The molecule has 1 heterocycles. The zero-order valence-corrected chi connectivity index (χ0v) is 8.83. The number of nitrogens with two attached hydrogens (primary N) is 1. The van der Waals surface area contributed by atoms with E-state index in [1.54, 1.807) is 22.6 Å². The van der Waals surface area contributed by atoms with Crippen LogP contribution in [0, 0.1) is 3.70 Å². The number of aromatic nitrogens is 1. The minimum absolute atomic E-state index is 0.0140. The maximum absolute atomic E-state index is 12.4. The van der Waals surface area contributed by atoms with Crippen molar-refractivity contribution in [3.8, 4) is 0 Å². The molecule has 0 fully saturated rings. The molecule has 0 radical (unpaired) electrons. The Bertz CT molecular complexity index is 384. The van der Waals surface area contributed by atoms with Crippen molar-refractivity contribution in [2.45, 2.75) is 6.43 Å². The van der Waals surface area contributed by atoms with E-state index in [0.717, 1.165) is 6.20 Å². The fourth-order valence-corrected chi connectivity index (χ4v) is 1.56. The van der Waals surface area contributed by atoms with Crippen molar-refractivity contribution in [3.05, 3.63) is 21.0 Å². The first-order chi connectivity index (χ1) is 6.45. The van der Waals surface area contributed by atoms with E-state index in [4.69, 9.17) is 10.8 Å². The number of alkyl halides is 2. The summed E-state index contributed by atoms with van der Waals surface area (Å²) < 4.78 is 24.8. The Balaban J connectivity index is 3.41. The molecule has 4 nitrogen and oxygen atoms in total. The van der Waals surface area contributed by atoms with Gasteiger partial charge in [-0.15, -0.1) is 0 Å². The number of halogens is 3. The van der Waals surface area contributed by atoms with Gasteiger partial charge in [0.15, 0.2) is 0 Å². The maximum atomic E-state index is 12.4. The lowest BCUT2D eigenvalue weighted by Crippen LogP contribution is -2.09. The van der Waals surface area contributed by atoms with Crippen LogP contribution in [0.4, 0.5) is 14.5 Å². The lowest BCUT2D eigenvalue weighted by Gasteiger charge is -2.08. The van der Waals surface area contributed by atoms with E-state index in [9.17, 15) is 13.6 Å². The molecule has 1 aromatic heterocycles. The maximum Gasteiger partial charge on any atom is 0.339 e. The lowest BCUT2D eigenvalue weighted by atomic mass is 10.1. The topological polar surface area (TPSA) is 76.2 Å². The first kappa shape index (κ1) is 11.1. The van der Waals surface area contributed by atoms with E-state index < -0.39 is 29.2 Å². The number of pyridine rings is 1. The van der Waals surface area contributed by atoms with Gasteiger partial charge in [-0.3, -0.25) is 0 Å². The van der Waals surface area contributed by atoms with Gasteiger partial charge in [0, 0.05) is 6.20 Å². The van der Waals surface area contributed by atoms with Crippen LogP contribution in [0.15, 0.2) is 6.20 Å². The molecule has 0 saturated heterocycles. The van der Waals surface area contributed by atoms with E-state index in [1.165, 1.54) is 0 Å². The number of nitrogen functional groups attached to an aromatic ring is 1. The number of rotatable bonds is 2. The third-order valence-corrected chi connectivity index (χ3v) is 2.42. The van der Waals surface area contributed by atoms with Gasteiger partial charge in [0.25, 0.3) is 6.43 Å². The third kappa shape index (κ3) is 1.91. The molecule has 14 heavy (non-hydrogen) atoms. The van der Waals surface area contributed by atoms with Gasteiger partial charge in [0.1, 0.15) is 9.26 Å². The van der Waals surface area contributed by atoms with Gasteiger partial charge in [-0.25, -0.2) is 18.6 Å². The quantitative estimate of drug-likeness (QED) is 0.646. The number of anilines is 1. The number of carboxylic acid groups (broad SMARTS) is 1. The molecule has 0 spiro atoms. The summed E-state index contributed by atoms with van der Waals surface area (Å²) in [6.07, 6.45) is -1.86. The average molecular weight is 314 g/mol. The fourth-order valence-electron chi connectivity index (χ4n) is 0.895. The van der Waals surface area contributed by atoms with Crippen LogP contribution in [0.3, 0.4) is 0 Å². The Labute approximate surface area is 91.3 Å². The Hall–Kier alpha value is -0.990. The van der Waals surface area contributed by atoms with Crippen molar-refractivity contribution >= 4 is 34.2 Å². The number of hydrogen-bond donors (Lipinski definition) is 2. The second kappa shape index (κ2) is 4.03. The number of hydrogen-bond acceptors (Lipinski definition) is 3. The summed E-state index contributed by atoms with van der Waals surface area (Å²) in [4.78, 5) is 14.1. The smallest absolute Gasteiger partial charge is 0.339 e. The zero-order chi connectivity index (χ0) is 10.9. The largest absolute Gasteiger partial charge is 0.478 e. The van der Waals surface area contributed by atoms with Gasteiger partial charge in [-0.1, -0.05) is 0 Å². The van der Waals surface area contributed by atoms with Gasteiger partial charge in [0.2, 0.25) is 0 Å². The van der Waals surface area contributed by atoms with Crippen molar-refractivity contribution in [2.75, 3.05) is 5.73 Å². The Morgan fingerprint density at radius 2 is 2.21 bits per heavy atom. The summed E-state index contributed by atoms with van der Waals surface area (Å²) in [7, 11) is 0. The van der Waals surface area contributed by atoms with Crippen molar-refractivity contribution in [2.24, 2.45) is 0 Å². The highest BCUT2D eigenvalue weighted by Crippen LogP contribution is 2.30. The van der Waals surface area contributed by atoms with Crippen molar-refractivity contribution in [1.29, 1.82) is 0 Å². The Morgan fingerprint density at radius 3 is 2.64 bits per heavy atom. The van der Waals surface area contributed by atoms with Gasteiger partial charge < -0.3 is 10.8 Å². The highest BCUT2D eigenvalue weighted by molar-refractivity contribution is 14.1. The van der Waals surface area contributed by atoms with E-state index in [2.05, 4.69) is 4.98 Å². The number of aromatic carboxylic acids is 1. The van der Waals surface area contributed by atoms with Crippen molar-refractivity contribution in [3.63, 3.8) is 0 Å². The first-order valence-electron chi connectivity index (χ1n) is 3.40. The average Bonchev–Trinajstić information content (AvgIpc) is 2.02. The van der Waals surface area contributed by atoms with Crippen LogP contribution in [-0.4, -0.2) is 16.1 Å². The molecule has 0 aromatic carbocycles. The minimum atomic E-state index is -2.83. The lowest BCUT2D eigenvalue weighted by molar-refractivity contribution is 0.0697. The molecule has 76 valence electrons. The molecule has 0 saturated carbocycles. The van der Waals surface area contributed by atoms with Crippen molar-refractivity contribution in [1.82, 2.24) is 4.98 Å². The molecule has 0 aliphatic carbocycles. The van der Waals surface area contributed by atoms with Crippen LogP contribution in [-0.2, 0) is 0 Å². The summed E-state index contributed by atoms with van der Waals surface area (Å²) in [5, 5.41) is 8.60. The Morgan fingerprint density at radius 1 is 1.64 bits per heavy atom. The predicted octanol–water partition coefficient (Wildman–Crippen LogP) is 1.90. The van der Waals surface area contributed by atoms with Crippen LogP contribution in [0.1, 0.15) is 22.3 Å². The monoisotopic (exact) mass is 314 g/mol. The highest BCUT2D eigenvalue weighted by Gasteiger charge is 2.21. The number of carbonyl (C=O) groups is 1. The van der Waals surface area contributed by atoms with Crippen LogP contribution in [0.2, 0.25) is 0 Å². The van der Waals surface area contributed by atoms with E-state index in [-0.39, 0.29) is 3.70 Å². The highest BCUT2D eigenvalue weighted by atomic mass is 127. The normalized spacial score (nSPS) is 10.6. The molecule has 0 aliphatic rings.